The van der Waals surface area contributed by atoms with Crippen LogP contribution in [0.4, 0.5) is 4.39 Å². The molecule has 1 aromatic heterocycles. The number of carbonyl (C=O) groups excluding carboxylic acids is 1. The summed E-state index contributed by atoms with van der Waals surface area (Å²) in [6, 6.07) is 16.6. The molecule has 1 amide bonds. The molecule has 2 aromatic carbocycles. The molecular weight excluding hydrogens is 399 g/mol. The second-order valence-corrected chi connectivity index (χ2v) is 8.12. The van der Waals surface area contributed by atoms with E-state index in [0.29, 0.717) is 23.9 Å². The van der Waals surface area contributed by atoms with Gasteiger partial charge in [0.25, 0.3) is 5.91 Å². The Morgan fingerprint density at radius 2 is 1.80 bits per heavy atom. The monoisotopic (exact) mass is 424 g/mol. The third-order valence-electron chi connectivity index (χ3n) is 5.34. The fourth-order valence-corrected chi connectivity index (χ4v) is 4.35. The molecule has 5 nitrogen and oxygen atoms in total. The maximum absolute atomic E-state index is 13.4. The Hall–Kier alpha value is -2.64. The van der Waals surface area contributed by atoms with Gasteiger partial charge < -0.3 is 4.90 Å². The van der Waals surface area contributed by atoms with E-state index in [1.54, 1.807) is 18.3 Å². The molecule has 0 saturated carbocycles. The Morgan fingerprint density at radius 1 is 1.03 bits per heavy atom. The van der Waals surface area contributed by atoms with Crippen LogP contribution in [0.1, 0.15) is 22.5 Å². The molecule has 1 aliphatic rings. The summed E-state index contributed by atoms with van der Waals surface area (Å²) in [5.74, 6) is -0.336. The molecule has 0 N–H and O–H groups in total. The quantitative estimate of drug-likeness (QED) is 0.579. The third-order valence-corrected chi connectivity index (χ3v) is 5.99. The van der Waals surface area contributed by atoms with Crippen molar-refractivity contribution in [2.75, 3.05) is 32.4 Å². The Morgan fingerprint density at radius 3 is 2.53 bits per heavy atom. The Balaban J connectivity index is 1.51. The number of amides is 1. The van der Waals surface area contributed by atoms with E-state index in [9.17, 15) is 9.18 Å². The fraction of sp³-hybridized carbons (Fsp3) is 0.304. The van der Waals surface area contributed by atoms with Crippen molar-refractivity contribution in [3.63, 3.8) is 0 Å². The van der Waals surface area contributed by atoms with Gasteiger partial charge in [-0.25, -0.2) is 9.37 Å². The molecule has 4 rings (SSSR count). The van der Waals surface area contributed by atoms with Crippen molar-refractivity contribution in [2.24, 2.45) is 0 Å². The normalized spacial score (nSPS) is 15.2. The molecule has 1 saturated heterocycles. The Bertz CT molecular complexity index is 990. The topological polar surface area (TPSA) is 41.4 Å². The molecule has 3 aromatic rings. The minimum Gasteiger partial charge on any atom is -0.336 e. The van der Waals surface area contributed by atoms with Gasteiger partial charge in [0.15, 0.2) is 5.16 Å². The molecule has 1 fully saturated rings. The highest BCUT2D eigenvalue weighted by molar-refractivity contribution is 7.98. The average Bonchev–Trinajstić information content (AvgIpc) is 3.07. The lowest BCUT2D eigenvalue weighted by atomic mass is 10.2. The highest BCUT2D eigenvalue weighted by Crippen LogP contribution is 2.23. The van der Waals surface area contributed by atoms with Gasteiger partial charge in [-0.15, -0.1) is 0 Å². The standard InChI is InChI=1S/C23H25FN4OS/c1-30-23-25-16-21(28(23)20-10-8-19(24)9-11-20)22(29)27-13-5-12-26(14-15-27)17-18-6-3-2-4-7-18/h2-4,6-11,16H,5,12-15,17H2,1H3. The molecule has 0 aliphatic carbocycles. The van der Waals surface area contributed by atoms with Gasteiger partial charge in [0, 0.05) is 38.4 Å². The van der Waals surface area contributed by atoms with Crippen LogP contribution in [0.15, 0.2) is 66.0 Å². The third kappa shape index (κ3) is 4.57. The second kappa shape index (κ2) is 9.45. The molecular formula is C23H25FN4OS. The predicted octanol–water partition coefficient (Wildman–Crippen LogP) is 4.08. The Kier molecular flexibility index (Phi) is 6.50. The van der Waals surface area contributed by atoms with Crippen molar-refractivity contribution >= 4 is 17.7 Å². The van der Waals surface area contributed by atoms with Gasteiger partial charge >= 0.3 is 0 Å². The lowest BCUT2D eigenvalue weighted by Crippen LogP contribution is -2.36. The summed E-state index contributed by atoms with van der Waals surface area (Å²) in [5.41, 5.74) is 2.54. The van der Waals surface area contributed by atoms with Crippen LogP contribution >= 0.6 is 11.8 Å². The molecule has 0 bridgehead atoms. The number of imidazole rings is 1. The van der Waals surface area contributed by atoms with E-state index in [1.807, 2.05) is 21.8 Å². The average molecular weight is 425 g/mol. The number of carbonyl (C=O) groups is 1. The first kappa shape index (κ1) is 20.6. The highest BCUT2D eigenvalue weighted by atomic mass is 32.2. The summed E-state index contributed by atoms with van der Waals surface area (Å²) < 4.78 is 15.2. The van der Waals surface area contributed by atoms with Crippen molar-refractivity contribution in [1.82, 2.24) is 19.4 Å². The van der Waals surface area contributed by atoms with E-state index < -0.39 is 0 Å². The number of hydrogen-bond acceptors (Lipinski definition) is 4. The zero-order chi connectivity index (χ0) is 20.9. The maximum atomic E-state index is 13.4. The summed E-state index contributed by atoms with van der Waals surface area (Å²) in [6.45, 7) is 4.09. The van der Waals surface area contributed by atoms with Gasteiger partial charge in [-0.05, 0) is 42.5 Å². The summed E-state index contributed by atoms with van der Waals surface area (Å²) in [6.07, 6.45) is 4.48. The predicted molar refractivity (Wildman–Crippen MR) is 118 cm³/mol. The zero-order valence-corrected chi connectivity index (χ0v) is 17.8. The van der Waals surface area contributed by atoms with Crippen LogP contribution in [0.2, 0.25) is 0 Å². The molecule has 0 radical (unpaired) electrons. The van der Waals surface area contributed by atoms with Gasteiger partial charge in [0.1, 0.15) is 11.5 Å². The van der Waals surface area contributed by atoms with E-state index in [1.165, 1.54) is 29.5 Å². The zero-order valence-electron chi connectivity index (χ0n) is 17.0. The van der Waals surface area contributed by atoms with Crippen LogP contribution in [0.3, 0.4) is 0 Å². The van der Waals surface area contributed by atoms with Crippen molar-refractivity contribution in [3.05, 3.63) is 77.9 Å². The van der Waals surface area contributed by atoms with Crippen molar-refractivity contribution in [3.8, 4) is 5.69 Å². The first-order valence-electron chi connectivity index (χ1n) is 10.1. The molecule has 0 unspecified atom stereocenters. The molecule has 7 heteroatoms. The molecule has 156 valence electrons. The Labute approximate surface area is 180 Å². The summed E-state index contributed by atoms with van der Waals surface area (Å²) in [7, 11) is 0. The largest absolute Gasteiger partial charge is 0.336 e. The number of thioether (sulfide) groups is 1. The first-order chi connectivity index (χ1) is 14.7. The summed E-state index contributed by atoms with van der Waals surface area (Å²) >= 11 is 1.46. The highest BCUT2D eigenvalue weighted by Gasteiger charge is 2.25. The van der Waals surface area contributed by atoms with Crippen LogP contribution in [0.5, 0.6) is 0 Å². The van der Waals surface area contributed by atoms with E-state index >= 15 is 0 Å². The number of nitrogens with zero attached hydrogens (tertiary/aromatic N) is 4. The molecule has 1 aliphatic heterocycles. The first-order valence-corrected chi connectivity index (χ1v) is 11.3. The second-order valence-electron chi connectivity index (χ2n) is 7.35. The molecule has 0 spiro atoms. The van der Waals surface area contributed by atoms with Gasteiger partial charge in [-0.1, -0.05) is 42.1 Å². The van der Waals surface area contributed by atoms with Crippen molar-refractivity contribution < 1.29 is 9.18 Å². The summed E-state index contributed by atoms with van der Waals surface area (Å²) in [4.78, 5) is 22.1. The van der Waals surface area contributed by atoms with Crippen LogP contribution in [0, 0.1) is 5.82 Å². The number of rotatable bonds is 5. The number of halogens is 1. The fourth-order valence-electron chi connectivity index (χ4n) is 3.81. The summed E-state index contributed by atoms with van der Waals surface area (Å²) in [5, 5.41) is 0.713. The minimum absolute atomic E-state index is 0.0336. The molecule has 30 heavy (non-hydrogen) atoms. The van der Waals surface area contributed by atoms with Crippen LogP contribution in [-0.2, 0) is 6.54 Å². The van der Waals surface area contributed by atoms with Crippen LogP contribution in [0.25, 0.3) is 5.69 Å². The maximum Gasteiger partial charge on any atom is 0.272 e. The van der Waals surface area contributed by atoms with Crippen molar-refractivity contribution in [2.45, 2.75) is 18.1 Å². The smallest absolute Gasteiger partial charge is 0.272 e. The van der Waals surface area contributed by atoms with E-state index in [0.717, 1.165) is 31.7 Å². The van der Waals surface area contributed by atoms with Gasteiger partial charge in [0.2, 0.25) is 0 Å². The van der Waals surface area contributed by atoms with Crippen molar-refractivity contribution in [1.29, 1.82) is 0 Å². The number of hydrogen-bond donors (Lipinski definition) is 0. The van der Waals surface area contributed by atoms with Gasteiger partial charge in [-0.3, -0.25) is 14.3 Å². The van der Waals surface area contributed by atoms with E-state index in [2.05, 4.69) is 34.1 Å². The van der Waals surface area contributed by atoms with E-state index in [-0.39, 0.29) is 11.7 Å². The van der Waals surface area contributed by atoms with Crippen LogP contribution < -0.4 is 0 Å². The molecule has 2 heterocycles. The van der Waals surface area contributed by atoms with Crippen LogP contribution in [-0.4, -0.2) is 57.7 Å². The number of benzene rings is 2. The van der Waals surface area contributed by atoms with Gasteiger partial charge in [0.05, 0.1) is 6.20 Å². The lowest BCUT2D eigenvalue weighted by Gasteiger charge is -2.22. The minimum atomic E-state index is -0.302. The lowest BCUT2D eigenvalue weighted by molar-refractivity contribution is 0.0752. The molecule has 0 atom stereocenters. The van der Waals surface area contributed by atoms with E-state index in [4.69, 9.17) is 0 Å². The number of aromatic nitrogens is 2. The van der Waals surface area contributed by atoms with Gasteiger partial charge in [-0.2, -0.15) is 0 Å². The SMILES string of the molecule is CSc1ncc(C(=O)N2CCCN(Cc3ccccc3)CC2)n1-c1ccc(F)cc1.